The van der Waals surface area contributed by atoms with Crippen molar-refractivity contribution in [1.29, 1.82) is 0 Å². The molecule has 0 atom stereocenters. The highest BCUT2D eigenvalue weighted by Gasteiger charge is 2.11. The van der Waals surface area contributed by atoms with E-state index in [1.165, 1.54) is 10.4 Å². The Morgan fingerprint density at radius 1 is 1.14 bits per heavy atom. The summed E-state index contributed by atoms with van der Waals surface area (Å²) in [5.41, 5.74) is 3.49. The van der Waals surface area contributed by atoms with Crippen LogP contribution < -0.4 is 0 Å². The topological polar surface area (TPSA) is 0 Å². The second-order valence-electron chi connectivity index (χ2n) is 3.12. The molecule has 0 N–H and O–H groups in total. The predicted octanol–water partition coefficient (Wildman–Crippen LogP) is 5.40. The number of thiophene rings is 2. The summed E-state index contributed by atoms with van der Waals surface area (Å²) in [5.74, 6) is 0. The monoisotopic (exact) mass is 262 g/mol. The van der Waals surface area contributed by atoms with Gasteiger partial charge in [-0.3, -0.25) is 0 Å². The Labute approximate surface area is 101 Å². The largest absolute Gasteiger partial charge is 0.131 e. The Morgan fingerprint density at radius 2 is 1.86 bits per heavy atom. The number of halogens is 2. The van der Waals surface area contributed by atoms with Crippen LogP contribution in [0.15, 0.2) is 11.4 Å². The molecule has 0 aliphatic heterocycles. The van der Waals surface area contributed by atoms with Gasteiger partial charge in [0.2, 0.25) is 0 Å². The maximum atomic E-state index is 6.03. The van der Waals surface area contributed by atoms with E-state index in [2.05, 4.69) is 11.4 Å². The molecular weight excluding hydrogens is 255 g/mol. The van der Waals surface area contributed by atoms with Crippen molar-refractivity contribution in [3.8, 4) is 10.4 Å². The molecule has 0 unspecified atom stereocenters. The van der Waals surface area contributed by atoms with Gasteiger partial charge < -0.3 is 0 Å². The first-order valence-corrected chi connectivity index (χ1v) is 6.54. The van der Waals surface area contributed by atoms with Crippen molar-refractivity contribution in [1.82, 2.24) is 0 Å². The van der Waals surface area contributed by atoms with Gasteiger partial charge in [-0.25, -0.2) is 0 Å². The zero-order chi connectivity index (χ0) is 10.3. The fraction of sp³-hybridized carbons (Fsp3) is 0.200. The second kappa shape index (κ2) is 3.86. The highest BCUT2D eigenvalue weighted by Crippen LogP contribution is 2.40. The van der Waals surface area contributed by atoms with Gasteiger partial charge in [0.1, 0.15) is 0 Å². The van der Waals surface area contributed by atoms with Gasteiger partial charge in [-0.15, -0.1) is 22.7 Å². The molecule has 0 nitrogen and oxygen atoms in total. The maximum Gasteiger partial charge on any atom is 0.0964 e. The molecule has 0 aliphatic carbocycles. The Balaban J connectivity index is 2.54. The highest BCUT2D eigenvalue weighted by atomic mass is 35.5. The van der Waals surface area contributed by atoms with E-state index in [1.807, 2.05) is 13.8 Å². The van der Waals surface area contributed by atoms with Crippen LogP contribution in [-0.2, 0) is 0 Å². The van der Waals surface area contributed by atoms with Gasteiger partial charge in [0.25, 0.3) is 0 Å². The smallest absolute Gasteiger partial charge is 0.0964 e. The first-order valence-electron chi connectivity index (χ1n) is 4.09. The highest BCUT2D eigenvalue weighted by molar-refractivity contribution is 7.20. The molecule has 2 heterocycles. The molecule has 0 saturated carbocycles. The van der Waals surface area contributed by atoms with Crippen molar-refractivity contribution in [3.05, 3.63) is 31.2 Å². The lowest BCUT2D eigenvalue weighted by molar-refractivity contribution is 1.53. The van der Waals surface area contributed by atoms with Gasteiger partial charge >= 0.3 is 0 Å². The van der Waals surface area contributed by atoms with Gasteiger partial charge in [0, 0.05) is 15.8 Å². The van der Waals surface area contributed by atoms with E-state index in [-0.39, 0.29) is 0 Å². The Morgan fingerprint density at radius 3 is 2.29 bits per heavy atom. The third kappa shape index (κ3) is 1.72. The predicted molar refractivity (Wildman–Crippen MR) is 67.1 cm³/mol. The lowest BCUT2D eigenvalue weighted by Gasteiger charge is -1.93. The molecule has 4 heteroatoms. The SMILES string of the molecule is Cc1cc(-c2csc(Cl)c2C)sc1Cl. The van der Waals surface area contributed by atoms with Gasteiger partial charge in [-0.1, -0.05) is 23.2 Å². The number of hydrogen-bond acceptors (Lipinski definition) is 2. The van der Waals surface area contributed by atoms with Crippen LogP contribution in [0.1, 0.15) is 11.1 Å². The van der Waals surface area contributed by atoms with E-state index in [1.54, 1.807) is 22.7 Å². The number of aryl methyl sites for hydroxylation is 1. The first kappa shape index (κ1) is 10.5. The third-order valence-electron chi connectivity index (χ3n) is 2.10. The van der Waals surface area contributed by atoms with Crippen molar-refractivity contribution in [2.24, 2.45) is 0 Å². The first-order chi connectivity index (χ1) is 6.59. The number of rotatable bonds is 1. The summed E-state index contributed by atoms with van der Waals surface area (Å²) in [6, 6.07) is 2.11. The molecule has 0 aromatic carbocycles. The zero-order valence-electron chi connectivity index (χ0n) is 7.73. The molecule has 14 heavy (non-hydrogen) atoms. The Bertz CT molecular complexity index is 449. The summed E-state index contributed by atoms with van der Waals surface area (Å²) < 4.78 is 1.73. The molecule has 2 aromatic heterocycles. The minimum Gasteiger partial charge on any atom is -0.131 e. The van der Waals surface area contributed by atoms with Crippen LogP contribution in [0.4, 0.5) is 0 Å². The molecular formula is C10H8Cl2S2. The summed E-state index contributed by atoms with van der Waals surface area (Å²) in [6.45, 7) is 4.06. The molecule has 2 rings (SSSR count). The average Bonchev–Trinajstić information content (AvgIpc) is 2.61. The molecule has 0 radical (unpaired) electrons. The molecule has 0 aliphatic rings. The van der Waals surface area contributed by atoms with E-state index in [0.717, 1.165) is 19.8 Å². The average molecular weight is 263 g/mol. The summed E-state index contributed by atoms with van der Waals surface area (Å²) in [4.78, 5) is 1.20. The summed E-state index contributed by atoms with van der Waals surface area (Å²) >= 11 is 15.2. The molecule has 2 aromatic rings. The van der Waals surface area contributed by atoms with Crippen LogP contribution in [0.3, 0.4) is 0 Å². The van der Waals surface area contributed by atoms with Crippen molar-refractivity contribution in [2.75, 3.05) is 0 Å². The lowest BCUT2D eigenvalue weighted by Crippen LogP contribution is -1.71. The molecule has 0 fully saturated rings. The van der Waals surface area contributed by atoms with E-state index in [4.69, 9.17) is 23.2 Å². The normalized spacial score (nSPS) is 10.9. The maximum absolute atomic E-state index is 6.03. The van der Waals surface area contributed by atoms with Crippen LogP contribution in [0.25, 0.3) is 10.4 Å². The summed E-state index contributed by atoms with van der Waals surface area (Å²) in [5, 5.41) is 2.08. The molecule has 0 spiro atoms. The van der Waals surface area contributed by atoms with Gasteiger partial charge in [-0.2, -0.15) is 0 Å². The second-order valence-corrected chi connectivity index (χ2v) is 6.25. The fourth-order valence-electron chi connectivity index (χ4n) is 1.23. The van der Waals surface area contributed by atoms with Crippen molar-refractivity contribution >= 4 is 45.9 Å². The van der Waals surface area contributed by atoms with Crippen molar-refractivity contribution < 1.29 is 0 Å². The molecule has 74 valence electrons. The van der Waals surface area contributed by atoms with Crippen LogP contribution in [0.5, 0.6) is 0 Å². The number of hydrogen-bond donors (Lipinski definition) is 0. The van der Waals surface area contributed by atoms with Crippen LogP contribution in [0.2, 0.25) is 8.67 Å². The van der Waals surface area contributed by atoms with Gasteiger partial charge in [-0.05, 0) is 31.0 Å². The minimum absolute atomic E-state index is 0.863. The van der Waals surface area contributed by atoms with E-state index >= 15 is 0 Å². The van der Waals surface area contributed by atoms with E-state index < -0.39 is 0 Å². The summed E-state index contributed by atoms with van der Waals surface area (Å²) in [6.07, 6.45) is 0. The fourth-order valence-corrected chi connectivity index (χ4v) is 3.63. The summed E-state index contributed by atoms with van der Waals surface area (Å²) in [7, 11) is 0. The molecule has 0 amide bonds. The zero-order valence-corrected chi connectivity index (χ0v) is 10.9. The Hall–Kier alpha value is -0.0200. The Kier molecular flexibility index (Phi) is 2.89. The molecule has 0 saturated heterocycles. The van der Waals surface area contributed by atoms with Crippen LogP contribution in [-0.4, -0.2) is 0 Å². The van der Waals surface area contributed by atoms with Crippen molar-refractivity contribution in [3.63, 3.8) is 0 Å². The van der Waals surface area contributed by atoms with E-state index in [0.29, 0.717) is 0 Å². The quantitative estimate of drug-likeness (QED) is 0.646. The van der Waals surface area contributed by atoms with Gasteiger partial charge in [0.15, 0.2) is 0 Å². The van der Waals surface area contributed by atoms with Crippen LogP contribution in [0, 0.1) is 13.8 Å². The van der Waals surface area contributed by atoms with E-state index in [9.17, 15) is 0 Å². The molecule has 0 bridgehead atoms. The van der Waals surface area contributed by atoms with Crippen LogP contribution >= 0.6 is 45.9 Å². The third-order valence-corrected chi connectivity index (χ3v) is 5.11. The standard InChI is InChI=1S/C10H8Cl2S2/c1-5-3-8(14-9(5)11)7-4-13-10(12)6(7)2/h3-4H,1-2H3. The van der Waals surface area contributed by atoms with Gasteiger partial charge in [0.05, 0.1) is 8.67 Å². The van der Waals surface area contributed by atoms with Crippen molar-refractivity contribution in [2.45, 2.75) is 13.8 Å². The minimum atomic E-state index is 0.863. The lowest BCUT2D eigenvalue weighted by atomic mass is 10.2.